The number of ether oxygens (including phenoxy) is 1. The van der Waals surface area contributed by atoms with Gasteiger partial charge in [0.25, 0.3) is 11.9 Å². The number of alkyl halides is 3. The molecule has 0 unspecified atom stereocenters. The molecule has 0 spiro atoms. The van der Waals surface area contributed by atoms with Crippen LogP contribution in [0.4, 0.5) is 22.0 Å². The van der Waals surface area contributed by atoms with Crippen molar-refractivity contribution in [1.29, 1.82) is 0 Å². The van der Waals surface area contributed by atoms with Crippen LogP contribution in [0.3, 0.4) is 0 Å². The fraction of sp³-hybridized carbons (Fsp3) is 0.310. The highest BCUT2D eigenvalue weighted by Gasteiger charge is 2.35. The van der Waals surface area contributed by atoms with Crippen LogP contribution in [0.5, 0.6) is 0 Å². The van der Waals surface area contributed by atoms with Crippen molar-refractivity contribution in [1.82, 2.24) is 10.6 Å². The van der Waals surface area contributed by atoms with Gasteiger partial charge in [0.15, 0.2) is 0 Å². The lowest BCUT2D eigenvalue weighted by Crippen LogP contribution is -2.30. The lowest BCUT2D eigenvalue weighted by Gasteiger charge is -2.21. The summed E-state index contributed by atoms with van der Waals surface area (Å²) in [6.45, 7) is 2.70. The maximum atomic E-state index is 13.9. The van der Waals surface area contributed by atoms with Gasteiger partial charge < -0.3 is 15.4 Å². The second kappa shape index (κ2) is 10.7. The molecule has 3 aromatic rings. The Labute approximate surface area is 222 Å². The zero-order valence-corrected chi connectivity index (χ0v) is 21.0. The molecule has 1 heterocycles. The molecule has 1 fully saturated rings. The van der Waals surface area contributed by atoms with Crippen LogP contribution in [-0.2, 0) is 17.5 Å². The minimum atomic E-state index is -4.81. The van der Waals surface area contributed by atoms with Crippen molar-refractivity contribution in [2.24, 2.45) is 10.9 Å². The molecule has 2 aliphatic rings. The van der Waals surface area contributed by atoms with Crippen molar-refractivity contribution in [2.45, 2.75) is 38.5 Å². The Morgan fingerprint density at radius 3 is 2.54 bits per heavy atom. The monoisotopic (exact) mass is 543 g/mol. The Morgan fingerprint density at radius 2 is 1.87 bits per heavy atom. The number of hydrogen-bond donors (Lipinski definition) is 2. The number of benzene rings is 3. The standard InChI is InChI=1S/C29H26F5N3O2/c1-16-10-19(4-7-25(16)31)26(18-2-3-18)37-27(38)21-12-17(15-36-28-35-8-9-39-28)11-20(13-21)23-6-5-22(30)14-24(23)29(32,33)34/h4-7,10-14,18,26H,2-3,8-9,15H2,1H3,(H,35,36)(H,37,38)/t26-/m0/s1. The molecule has 2 N–H and O–H groups in total. The summed E-state index contributed by atoms with van der Waals surface area (Å²) in [7, 11) is 0. The van der Waals surface area contributed by atoms with Crippen molar-refractivity contribution < 1.29 is 31.5 Å². The molecule has 39 heavy (non-hydrogen) atoms. The average Bonchev–Trinajstić information content (AvgIpc) is 3.60. The molecule has 5 nitrogen and oxygen atoms in total. The molecular weight excluding hydrogens is 517 g/mol. The number of aryl methyl sites for hydroxylation is 1. The van der Waals surface area contributed by atoms with Gasteiger partial charge in [0.2, 0.25) is 0 Å². The quantitative estimate of drug-likeness (QED) is 0.343. The molecule has 1 amide bonds. The van der Waals surface area contributed by atoms with Gasteiger partial charge in [0.1, 0.15) is 18.2 Å². The number of nitrogens with zero attached hydrogens (tertiary/aromatic N) is 1. The highest BCUT2D eigenvalue weighted by molar-refractivity contribution is 5.96. The van der Waals surface area contributed by atoms with Gasteiger partial charge in [-0.05, 0) is 89.9 Å². The molecule has 3 aromatic carbocycles. The summed E-state index contributed by atoms with van der Waals surface area (Å²) in [4.78, 5) is 17.7. The lowest BCUT2D eigenvalue weighted by molar-refractivity contribution is -0.137. The van der Waals surface area contributed by atoms with E-state index >= 15 is 0 Å². The minimum absolute atomic E-state index is 0.113. The normalized spacial score (nSPS) is 15.9. The fourth-order valence-corrected chi connectivity index (χ4v) is 4.69. The van der Waals surface area contributed by atoms with E-state index in [9.17, 15) is 26.7 Å². The number of amidine groups is 1. The SMILES string of the molecule is Cc1cc([C@@H](NC(=O)c2cc(CNC3=NCCO3)cc(-c3ccc(F)cc3C(F)(F)F)c2)C2CC2)ccc1F. The third kappa shape index (κ3) is 6.21. The number of nitrogens with one attached hydrogen (secondary N) is 2. The Kier molecular flexibility index (Phi) is 7.29. The highest BCUT2D eigenvalue weighted by atomic mass is 19.4. The third-order valence-electron chi connectivity index (χ3n) is 6.80. The van der Waals surface area contributed by atoms with Crippen LogP contribution in [0.25, 0.3) is 11.1 Å². The number of amides is 1. The predicted molar refractivity (Wildman–Crippen MR) is 136 cm³/mol. The van der Waals surface area contributed by atoms with E-state index in [4.69, 9.17) is 4.74 Å². The molecule has 0 aromatic heterocycles. The summed E-state index contributed by atoms with van der Waals surface area (Å²) >= 11 is 0. The van der Waals surface area contributed by atoms with Gasteiger partial charge in [-0.15, -0.1) is 0 Å². The van der Waals surface area contributed by atoms with E-state index in [1.807, 2.05) is 0 Å². The van der Waals surface area contributed by atoms with Gasteiger partial charge in [-0.2, -0.15) is 13.2 Å². The van der Waals surface area contributed by atoms with E-state index in [0.29, 0.717) is 36.4 Å². The Morgan fingerprint density at radius 1 is 1.08 bits per heavy atom. The minimum Gasteiger partial charge on any atom is -0.463 e. The van der Waals surface area contributed by atoms with Crippen LogP contribution in [0.15, 0.2) is 59.6 Å². The first-order valence-electron chi connectivity index (χ1n) is 12.6. The van der Waals surface area contributed by atoms with E-state index in [2.05, 4.69) is 15.6 Å². The number of rotatable bonds is 7. The van der Waals surface area contributed by atoms with E-state index in [-0.39, 0.29) is 41.0 Å². The van der Waals surface area contributed by atoms with Gasteiger partial charge in [-0.1, -0.05) is 18.2 Å². The molecule has 10 heteroatoms. The molecular formula is C29H26F5N3O2. The van der Waals surface area contributed by atoms with Crippen LogP contribution >= 0.6 is 0 Å². The first kappa shape index (κ1) is 26.6. The summed E-state index contributed by atoms with van der Waals surface area (Å²) in [5.41, 5.74) is 0.589. The van der Waals surface area contributed by atoms with Crippen molar-refractivity contribution in [2.75, 3.05) is 13.2 Å². The number of halogens is 5. The number of carbonyl (C=O) groups excluding carboxylic acids is 1. The van der Waals surface area contributed by atoms with E-state index in [0.717, 1.165) is 30.5 Å². The van der Waals surface area contributed by atoms with E-state index in [1.54, 1.807) is 25.1 Å². The molecule has 0 bridgehead atoms. The summed E-state index contributed by atoms with van der Waals surface area (Å²) < 4.78 is 74.5. The topological polar surface area (TPSA) is 62.7 Å². The van der Waals surface area contributed by atoms with Crippen LogP contribution in [0, 0.1) is 24.5 Å². The summed E-state index contributed by atoms with van der Waals surface area (Å²) in [6, 6.07) is 11.5. The Balaban J connectivity index is 1.51. The second-order valence-corrected chi connectivity index (χ2v) is 9.79. The van der Waals surface area contributed by atoms with Crippen molar-refractivity contribution in [3.05, 3.63) is 94.0 Å². The maximum Gasteiger partial charge on any atom is 0.417 e. The molecule has 1 atom stereocenters. The molecule has 204 valence electrons. The molecule has 1 aliphatic carbocycles. The molecule has 5 rings (SSSR count). The molecule has 1 saturated carbocycles. The molecule has 0 saturated heterocycles. The van der Waals surface area contributed by atoms with Gasteiger partial charge in [0.05, 0.1) is 18.2 Å². The van der Waals surface area contributed by atoms with Gasteiger partial charge in [-0.3, -0.25) is 4.79 Å². The maximum absolute atomic E-state index is 13.9. The lowest BCUT2D eigenvalue weighted by atomic mass is 9.94. The first-order chi connectivity index (χ1) is 18.6. The van der Waals surface area contributed by atoms with Crippen LogP contribution in [0.2, 0.25) is 0 Å². The predicted octanol–water partition coefficient (Wildman–Crippen LogP) is 6.32. The molecule has 1 aliphatic heterocycles. The largest absolute Gasteiger partial charge is 0.463 e. The third-order valence-corrected chi connectivity index (χ3v) is 6.80. The summed E-state index contributed by atoms with van der Waals surface area (Å²) in [5, 5.41) is 5.98. The number of aliphatic imine (C=N–C) groups is 1. The average molecular weight is 544 g/mol. The first-order valence-corrected chi connectivity index (χ1v) is 12.6. The summed E-state index contributed by atoms with van der Waals surface area (Å²) in [6.07, 6.45) is -3.02. The fourth-order valence-electron chi connectivity index (χ4n) is 4.69. The van der Waals surface area contributed by atoms with Crippen LogP contribution in [-0.4, -0.2) is 25.1 Å². The van der Waals surface area contributed by atoms with Crippen LogP contribution in [0.1, 0.15) is 51.5 Å². The van der Waals surface area contributed by atoms with Gasteiger partial charge in [-0.25, -0.2) is 13.8 Å². The van der Waals surface area contributed by atoms with E-state index in [1.165, 1.54) is 18.2 Å². The Hall–Kier alpha value is -3.95. The summed E-state index contributed by atoms with van der Waals surface area (Å²) in [5.74, 6) is -1.67. The zero-order valence-electron chi connectivity index (χ0n) is 21.0. The van der Waals surface area contributed by atoms with E-state index < -0.39 is 23.5 Å². The highest BCUT2D eigenvalue weighted by Crippen LogP contribution is 2.42. The van der Waals surface area contributed by atoms with Crippen LogP contribution < -0.4 is 10.6 Å². The zero-order chi connectivity index (χ0) is 27.7. The second-order valence-electron chi connectivity index (χ2n) is 9.79. The number of carbonyl (C=O) groups is 1. The van der Waals surface area contributed by atoms with Crippen molar-refractivity contribution >= 4 is 11.9 Å². The Bertz CT molecular complexity index is 1430. The molecule has 0 radical (unpaired) electrons. The van der Waals surface area contributed by atoms with Crippen molar-refractivity contribution in [3.8, 4) is 11.1 Å². The smallest absolute Gasteiger partial charge is 0.417 e. The van der Waals surface area contributed by atoms with Gasteiger partial charge in [0, 0.05) is 12.1 Å². The van der Waals surface area contributed by atoms with Gasteiger partial charge >= 0.3 is 6.18 Å². The number of hydrogen-bond acceptors (Lipinski definition) is 4. The van der Waals surface area contributed by atoms with Crippen molar-refractivity contribution in [3.63, 3.8) is 0 Å².